The van der Waals surface area contributed by atoms with E-state index in [-0.39, 0.29) is 6.04 Å². The van der Waals surface area contributed by atoms with E-state index in [1.165, 1.54) is 11.1 Å². The first-order chi connectivity index (χ1) is 10.1. The molecule has 1 unspecified atom stereocenters. The molecule has 0 aromatic heterocycles. The molecule has 1 heterocycles. The Hall–Kier alpha value is -1.55. The lowest BCUT2D eigenvalue weighted by molar-refractivity contribution is 0.164. The lowest BCUT2D eigenvalue weighted by Crippen LogP contribution is -2.31. The van der Waals surface area contributed by atoms with Gasteiger partial charge in [-0.1, -0.05) is 19.9 Å². The number of hydrogen-bond donors (Lipinski definition) is 0. The monoisotopic (exact) mass is 290 g/mol. The molecule has 0 spiro atoms. The molecule has 1 aromatic carbocycles. The number of nitrogens with zero attached hydrogens (tertiary/aromatic N) is 2. The lowest BCUT2D eigenvalue weighted by atomic mass is 10.00. The lowest BCUT2D eigenvalue weighted by Gasteiger charge is -2.28. The molecule has 4 heteroatoms. The van der Waals surface area contributed by atoms with E-state index < -0.39 is 0 Å². The second-order valence-electron chi connectivity index (χ2n) is 5.89. The quantitative estimate of drug-likeness (QED) is 0.597. The van der Waals surface area contributed by atoms with Crippen molar-refractivity contribution in [3.05, 3.63) is 29.3 Å². The van der Waals surface area contributed by atoms with Crippen molar-refractivity contribution in [1.29, 1.82) is 0 Å². The largest absolute Gasteiger partial charge is 0.497 e. The van der Waals surface area contributed by atoms with Crippen LogP contribution in [0, 0.1) is 5.92 Å². The highest BCUT2D eigenvalue weighted by atomic mass is 16.5. The Kier molecular flexibility index (Phi) is 5.62. The zero-order valence-corrected chi connectivity index (χ0v) is 13.5. The van der Waals surface area contributed by atoms with Crippen molar-refractivity contribution in [2.24, 2.45) is 10.9 Å². The molecule has 21 heavy (non-hydrogen) atoms. The molecular formula is C17H26N2O2. The highest BCUT2D eigenvalue weighted by Crippen LogP contribution is 2.23. The molecule has 1 aliphatic heterocycles. The molecule has 1 atom stereocenters. The van der Waals surface area contributed by atoms with Gasteiger partial charge in [-0.25, -0.2) is 0 Å². The van der Waals surface area contributed by atoms with Crippen molar-refractivity contribution in [3.8, 4) is 5.75 Å². The first-order valence-electron chi connectivity index (χ1n) is 7.56. The van der Waals surface area contributed by atoms with Crippen LogP contribution in [0.1, 0.15) is 25.0 Å². The molecule has 0 saturated carbocycles. The number of rotatable bonds is 6. The van der Waals surface area contributed by atoms with E-state index in [0.717, 1.165) is 25.3 Å². The summed E-state index contributed by atoms with van der Waals surface area (Å²) in [5.41, 5.74) is 2.75. The van der Waals surface area contributed by atoms with E-state index in [1.807, 2.05) is 12.4 Å². The molecule has 1 aromatic rings. The van der Waals surface area contributed by atoms with Crippen molar-refractivity contribution in [2.75, 3.05) is 27.4 Å². The summed E-state index contributed by atoms with van der Waals surface area (Å²) < 4.78 is 10.5. The number of hydrogen-bond acceptors (Lipinski definition) is 3. The normalized spacial score (nSPS) is 16.3. The van der Waals surface area contributed by atoms with Crippen LogP contribution in [0.5, 0.6) is 5.75 Å². The zero-order valence-electron chi connectivity index (χ0n) is 13.5. The van der Waals surface area contributed by atoms with Gasteiger partial charge in [0.25, 0.3) is 0 Å². The molecule has 4 nitrogen and oxygen atoms in total. The maximum absolute atomic E-state index is 5.29. The van der Waals surface area contributed by atoms with Crippen LogP contribution in [0.25, 0.3) is 0 Å². The summed E-state index contributed by atoms with van der Waals surface area (Å²) in [4.78, 5) is 6.97. The predicted molar refractivity (Wildman–Crippen MR) is 86.1 cm³/mol. The molecule has 0 amide bonds. The molecular weight excluding hydrogens is 264 g/mol. The first-order valence-corrected chi connectivity index (χ1v) is 7.56. The molecule has 0 N–H and O–H groups in total. The number of ether oxygens (including phenoxy) is 2. The van der Waals surface area contributed by atoms with Crippen LogP contribution >= 0.6 is 0 Å². The Balaban J connectivity index is 2.00. The number of fused-ring (bicyclic) bond motifs is 1. The Labute approximate surface area is 127 Å². The van der Waals surface area contributed by atoms with E-state index in [1.54, 1.807) is 14.2 Å². The van der Waals surface area contributed by atoms with E-state index in [0.29, 0.717) is 12.5 Å². The predicted octanol–water partition coefficient (Wildman–Crippen LogP) is 2.75. The summed E-state index contributed by atoms with van der Waals surface area (Å²) in [5.74, 6) is 1.43. The minimum absolute atomic E-state index is 0.229. The molecule has 1 aliphatic rings. The smallest absolute Gasteiger partial charge is 0.119 e. The summed E-state index contributed by atoms with van der Waals surface area (Å²) in [7, 11) is 3.45. The summed E-state index contributed by atoms with van der Waals surface area (Å²) in [5, 5.41) is 0. The first kappa shape index (κ1) is 15.8. The molecule has 0 bridgehead atoms. The number of benzene rings is 1. The third-order valence-corrected chi connectivity index (χ3v) is 3.98. The summed E-state index contributed by atoms with van der Waals surface area (Å²) in [6.07, 6.45) is 3.03. The van der Waals surface area contributed by atoms with Crippen LogP contribution in [0.2, 0.25) is 0 Å². The van der Waals surface area contributed by atoms with Gasteiger partial charge in [-0.05, 0) is 35.6 Å². The van der Waals surface area contributed by atoms with E-state index in [4.69, 9.17) is 14.5 Å². The van der Waals surface area contributed by atoms with Crippen molar-refractivity contribution < 1.29 is 9.47 Å². The van der Waals surface area contributed by atoms with Gasteiger partial charge in [0.2, 0.25) is 0 Å². The highest BCUT2D eigenvalue weighted by molar-refractivity contribution is 5.56. The minimum Gasteiger partial charge on any atom is -0.497 e. The number of aliphatic imine (C=N–C) groups is 1. The minimum atomic E-state index is 0.229. The zero-order chi connectivity index (χ0) is 15.2. The van der Waals surface area contributed by atoms with E-state index in [9.17, 15) is 0 Å². The van der Waals surface area contributed by atoms with Gasteiger partial charge < -0.3 is 14.4 Å². The van der Waals surface area contributed by atoms with Crippen molar-refractivity contribution in [3.63, 3.8) is 0 Å². The van der Waals surface area contributed by atoms with Crippen LogP contribution in [0.15, 0.2) is 23.2 Å². The second-order valence-corrected chi connectivity index (χ2v) is 5.89. The van der Waals surface area contributed by atoms with Crippen LogP contribution in [0.3, 0.4) is 0 Å². The second kappa shape index (κ2) is 7.46. The average Bonchev–Trinajstić information content (AvgIpc) is 2.50. The third-order valence-electron chi connectivity index (χ3n) is 3.98. The molecule has 0 aliphatic carbocycles. The fourth-order valence-corrected chi connectivity index (χ4v) is 2.54. The Morgan fingerprint density at radius 3 is 2.76 bits per heavy atom. The average molecular weight is 290 g/mol. The fraction of sp³-hybridized carbons (Fsp3) is 0.588. The van der Waals surface area contributed by atoms with Gasteiger partial charge >= 0.3 is 0 Å². The van der Waals surface area contributed by atoms with Gasteiger partial charge in [0.05, 0.1) is 26.1 Å². The Bertz CT molecular complexity index is 486. The summed E-state index contributed by atoms with van der Waals surface area (Å²) >= 11 is 0. The van der Waals surface area contributed by atoms with Crippen molar-refractivity contribution in [1.82, 2.24) is 4.90 Å². The molecule has 0 radical (unpaired) electrons. The Morgan fingerprint density at radius 1 is 1.29 bits per heavy atom. The standard InChI is InChI=1S/C17H26N2O2/c1-13(2)17(11-20-3)18-12-19-8-7-14-9-16(21-4)6-5-15(14)10-19/h5-6,9,12-13,17H,7-8,10-11H2,1-4H3. The van der Waals surface area contributed by atoms with Crippen LogP contribution in [-0.4, -0.2) is 44.7 Å². The van der Waals surface area contributed by atoms with Gasteiger partial charge in [-0.15, -0.1) is 0 Å². The number of methoxy groups -OCH3 is 2. The fourth-order valence-electron chi connectivity index (χ4n) is 2.54. The highest BCUT2D eigenvalue weighted by Gasteiger charge is 2.16. The van der Waals surface area contributed by atoms with Gasteiger partial charge in [0.1, 0.15) is 5.75 Å². The van der Waals surface area contributed by atoms with Crippen molar-refractivity contribution >= 4 is 6.34 Å². The van der Waals surface area contributed by atoms with Gasteiger partial charge in [0, 0.05) is 20.2 Å². The van der Waals surface area contributed by atoms with Gasteiger partial charge in [-0.3, -0.25) is 4.99 Å². The maximum Gasteiger partial charge on any atom is 0.119 e. The topological polar surface area (TPSA) is 34.1 Å². The van der Waals surface area contributed by atoms with Crippen LogP contribution < -0.4 is 4.74 Å². The molecule has 0 fully saturated rings. The Morgan fingerprint density at radius 2 is 2.10 bits per heavy atom. The maximum atomic E-state index is 5.29. The summed E-state index contributed by atoms with van der Waals surface area (Å²) in [6.45, 7) is 6.95. The molecule has 116 valence electrons. The van der Waals surface area contributed by atoms with Crippen LogP contribution in [-0.2, 0) is 17.7 Å². The molecule has 0 saturated heterocycles. The van der Waals surface area contributed by atoms with Gasteiger partial charge in [0.15, 0.2) is 0 Å². The SMILES string of the molecule is COCC(N=CN1CCc2cc(OC)ccc2C1)C(C)C. The van der Waals surface area contributed by atoms with Gasteiger partial charge in [-0.2, -0.15) is 0 Å². The van der Waals surface area contributed by atoms with E-state index >= 15 is 0 Å². The van der Waals surface area contributed by atoms with E-state index in [2.05, 4.69) is 30.9 Å². The summed E-state index contributed by atoms with van der Waals surface area (Å²) in [6, 6.07) is 6.56. The third kappa shape index (κ3) is 4.21. The molecule has 2 rings (SSSR count). The van der Waals surface area contributed by atoms with Crippen LogP contribution in [0.4, 0.5) is 0 Å². The van der Waals surface area contributed by atoms with Crippen molar-refractivity contribution in [2.45, 2.75) is 32.9 Å².